The fraction of sp³-hybridized carbons (Fsp3) is 0.765. The maximum atomic E-state index is 12.3. The van der Waals surface area contributed by atoms with Gasteiger partial charge in [0.05, 0.1) is 28.9 Å². The van der Waals surface area contributed by atoms with Gasteiger partial charge in [-0.1, -0.05) is 39.2 Å². The van der Waals surface area contributed by atoms with Crippen LogP contribution in [0, 0.1) is 0 Å². The molecule has 134 valence electrons. The van der Waals surface area contributed by atoms with Crippen LogP contribution >= 0.6 is 7.77 Å². The van der Waals surface area contributed by atoms with Crippen LogP contribution in [0.5, 0.6) is 0 Å². The zero-order valence-electron chi connectivity index (χ0n) is 15.1. The minimum absolute atomic E-state index is 0.0156. The molecule has 1 N–H and O–H groups in total. The van der Waals surface area contributed by atoms with Gasteiger partial charge in [0.1, 0.15) is 12.3 Å². The van der Waals surface area contributed by atoms with E-state index in [0.717, 1.165) is 25.3 Å². The molecule has 23 heavy (non-hydrogen) atoms. The molecule has 0 amide bonds. The first-order chi connectivity index (χ1) is 10.7. The highest BCUT2D eigenvalue weighted by atomic mass is 31.1. The SMILES string of the molecule is C=CC(=O)OC(CCCCCCC)C/[P+]([O-])=C(\O)C[N+](C)(C)C. The molecule has 0 aromatic heterocycles. The number of hydrogen-bond donors (Lipinski definition) is 1. The molecule has 0 spiro atoms. The number of hydrogen-bond acceptors (Lipinski definition) is 3. The maximum absolute atomic E-state index is 12.3. The smallest absolute Gasteiger partial charge is 0.330 e. The van der Waals surface area contributed by atoms with E-state index in [-0.39, 0.29) is 11.6 Å². The largest absolute Gasteiger partial charge is 0.628 e. The molecular weight excluding hydrogens is 313 g/mol. The van der Waals surface area contributed by atoms with Crippen molar-refractivity contribution in [2.75, 3.05) is 33.8 Å². The molecular formula is C17H33NO4P+. The molecule has 5 nitrogen and oxygen atoms in total. The van der Waals surface area contributed by atoms with E-state index >= 15 is 0 Å². The summed E-state index contributed by atoms with van der Waals surface area (Å²) >= 11 is 0. The van der Waals surface area contributed by atoms with E-state index in [2.05, 4.69) is 13.5 Å². The molecule has 0 aliphatic carbocycles. The molecule has 0 saturated heterocycles. The normalized spacial score (nSPS) is 14.2. The maximum Gasteiger partial charge on any atom is 0.330 e. The van der Waals surface area contributed by atoms with Gasteiger partial charge in [0.25, 0.3) is 5.48 Å². The minimum Gasteiger partial charge on any atom is -0.628 e. The molecule has 0 fully saturated rings. The summed E-state index contributed by atoms with van der Waals surface area (Å²) in [5, 5.41) is 9.99. The number of aliphatic hydroxyl groups excluding tert-OH is 1. The Labute approximate surface area is 142 Å². The van der Waals surface area contributed by atoms with Crippen molar-refractivity contribution in [3.05, 3.63) is 12.7 Å². The van der Waals surface area contributed by atoms with Gasteiger partial charge in [0.15, 0.2) is 6.54 Å². The van der Waals surface area contributed by atoms with Crippen molar-refractivity contribution in [1.82, 2.24) is 0 Å². The lowest BCUT2D eigenvalue weighted by Crippen LogP contribution is -2.40. The zero-order valence-corrected chi connectivity index (χ0v) is 16.0. The van der Waals surface area contributed by atoms with E-state index in [1.54, 1.807) is 0 Å². The molecule has 2 atom stereocenters. The third-order valence-corrected chi connectivity index (χ3v) is 4.81. The number of rotatable bonds is 12. The summed E-state index contributed by atoms with van der Waals surface area (Å²) in [7, 11) is 3.84. The second-order valence-corrected chi connectivity index (χ2v) is 8.53. The summed E-state index contributed by atoms with van der Waals surface area (Å²) in [6.45, 7) is 5.88. The Bertz CT molecular complexity index is 402. The number of nitrogens with zero attached hydrogens (tertiary/aromatic N) is 1. The van der Waals surface area contributed by atoms with Crippen LogP contribution in [0.1, 0.15) is 45.4 Å². The third kappa shape index (κ3) is 12.4. The van der Waals surface area contributed by atoms with Crippen molar-refractivity contribution in [2.45, 2.75) is 51.6 Å². The van der Waals surface area contributed by atoms with Crippen molar-refractivity contribution in [3.8, 4) is 0 Å². The van der Waals surface area contributed by atoms with Crippen molar-refractivity contribution in [2.24, 2.45) is 0 Å². The highest BCUT2D eigenvalue weighted by Gasteiger charge is 2.22. The molecule has 0 bridgehead atoms. The van der Waals surface area contributed by atoms with Crippen LogP contribution in [-0.2, 0) is 9.53 Å². The van der Waals surface area contributed by atoms with Crippen LogP contribution in [-0.4, -0.2) is 61.0 Å². The highest BCUT2D eigenvalue weighted by molar-refractivity contribution is 7.51. The second-order valence-electron chi connectivity index (χ2n) is 6.89. The van der Waals surface area contributed by atoms with E-state index in [4.69, 9.17) is 4.74 Å². The Kier molecular flexibility index (Phi) is 11.4. The van der Waals surface area contributed by atoms with Gasteiger partial charge < -0.3 is 19.2 Å². The molecule has 0 aliphatic heterocycles. The van der Waals surface area contributed by atoms with Gasteiger partial charge >= 0.3 is 5.97 Å². The van der Waals surface area contributed by atoms with Crippen LogP contribution in [0.25, 0.3) is 0 Å². The van der Waals surface area contributed by atoms with Crippen molar-refractivity contribution < 1.29 is 24.0 Å². The van der Waals surface area contributed by atoms with Crippen molar-refractivity contribution in [3.63, 3.8) is 0 Å². The van der Waals surface area contributed by atoms with E-state index in [9.17, 15) is 14.8 Å². The monoisotopic (exact) mass is 346 g/mol. The van der Waals surface area contributed by atoms with Crippen molar-refractivity contribution in [1.29, 1.82) is 0 Å². The van der Waals surface area contributed by atoms with Gasteiger partial charge in [-0.25, -0.2) is 4.79 Å². The molecule has 0 radical (unpaired) electrons. The molecule has 0 aromatic carbocycles. The predicted octanol–water partition coefficient (Wildman–Crippen LogP) is 2.41. The summed E-state index contributed by atoms with van der Waals surface area (Å²) in [4.78, 5) is 23.7. The van der Waals surface area contributed by atoms with Gasteiger partial charge in [-0.3, -0.25) is 0 Å². The number of esters is 1. The van der Waals surface area contributed by atoms with Gasteiger partial charge in [0.2, 0.25) is 0 Å². The lowest BCUT2D eigenvalue weighted by molar-refractivity contribution is -0.861. The average Bonchev–Trinajstić information content (AvgIpc) is 2.44. The van der Waals surface area contributed by atoms with Crippen LogP contribution < -0.4 is 4.89 Å². The third-order valence-electron chi connectivity index (χ3n) is 3.35. The summed E-state index contributed by atoms with van der Waals surface area (Å²) in [5.74, 6) is -0.502. The fourth-order valence-corrected chi connectivity index (χ4v) is 3.59. The average molecular weight is 346 g/mol. The van der Waals surface area contributed by atoms with Crippen LogP contribution in [0.3, 0.4) is 0 Å². The Morgan fingerprint density at radius 3 is 2.43 bits per heavy atom. The second kappa shape index (κ2) is 11.7. The Morgan fingerprint density at radius 1 is 1.30 bits per heavy atom. The van der Waals surface area contributed by atoms with Crippen molar-refractivity contribution >= 4 is 19.2 Å². The molecule has 2 unspecified atom stereocenters. The summed E-state index contributed by atoms with van der Waals surface area (Å²) < 4.78 is 5.79. The van der Waals surface area contributed by atoms with Gasteiger partial charge in [0, 0.05) is 6.08 Å². The Balaban J connectivity index is 4.63. The summed E-state index contributed by atoms with van der Waals surface area (Å²) in [5.41, 5.74) is -0.0156. The number of carbonyl (C=O) groups is 1. The molecule has 0 heterocycles. The van der Waals surface area contributed by atoms with Gasteiger partial charge in [-0.15, -0.1) is 0 Å². The molecule has 0 aromatic rings. The number of quaternary nitrogens is 1. The van der Waals surface area contributed by atoms with Gasteiger partial charge in [-0.2, -0.15) is 0 Å². The standard InChI is InChI=1S/C17H32NO4P/c1-6-8-9-10-11-12-15(22-16(19)7-2)14-23(21)17(20)13-18(3,4)5/h7,15H,2,6,8-14H2,1,3-5H3/p+1. The lowest BCUT2D eigenvalue weighted by Gasteiger charge is -2.22. The number of ether oxygens (including phenoxy) is 1. The van der Waals surface area contributed by atoms with Crippen LogP contribution in [0.15, 0.2) is 12.7 Å². The predicted molar refractivity (Wildman–Crippen MR) is 95.1 cm³/mol. The summed E-state index contributed by atoms with van der Waals surface area (Å²) in [6.07, 6.45) is 7.06. The fourth-order valence-electron chi connectivity index (χ4n) is 2.17. The summed E-state index contributed by atoms with van der Waals surface area (Å²) in [6, 6.07) is 0. The van der Waals surface area contributed by atoms with E-state index in [1.807, 2.05) is 21.1 Å². The quantitative estimate of drug-likeness (QED) is 0.194. The molecule has 0 saturated carbocycles. The minimum atomic E-state index is -1.91. The number of unbranched alkanes of at least 4 members (excludes halogenated alkanes) is 4. The van der Waals surface area contributed by atoms with E-state index < -0.39 is 19.8 Å². The number of likely N-dealkylation sites (N-methyl/N-ethyl adjacent to an activating group) is 1. The topological polar surface area (TPSA) is 69.6 Å². The van der Waals surface area contributed by atoms with E-state index in [0.29, 0.717) is 17.4 Å². The van der Waals surface area contributed by atoms with Crippen LogP contribution in [0.2, 0.25) is 0 Å². The molecule has 6 heteroatoms. The van der Waals surface area contributed by atoms with E-state index in [1.165, 1.54) is 12.8 Å². The number of aliphatic hydroxyl groups is 1. The first kappa shape index (κ1) is 22.3. The van der Waals surface area contributed by atoms with Gasteiger partial charge in [-0.05, 0) is 12.8 Å². The Hall–Kier alpha value is -0.740. The first-order valence-corrected chi connectivity index (χ1v) is 9.77. The zero-order chi connectivity index (χ0) is 17.9. The number of carbonyl (C=O) groups excluding carboxylic acids is 1. The lowest BCUT2D eigenvalue weighted by atomic mass is 10.1. The molecule has 0 aliphatic rings. The molecule has 0 rings (SSSR count). The first-order valence-electron chi connectivity index (χ1n) is 8.32. The van der Waals surface area contributed by atoms with Crippen LogP contribution in [0.4, 0.5) is 0 Å². The highest BCUT2D eigenvalue weighted by Crippen LogP contribution is 2.21. The Morgan fingerprint density at radius 2 is 1.91 bits per heavy atom.